The van der Waals surface area contributed by atoms with Gasteiger partial charge < -0.3 is 9.84 Å². The summed E-state index contributed by atoms with van der Waals surface area (Å²) >= 11 is 0. The fourth-order valence-electron chi connectivity index (χ4n) is 2.16. The zero-order valence-corrected chi connectivity index (χ0v) is 11.5. The Morgan fingerprint density at radius 2 is 1.47 bits per heavy atom. The highest BCUT2D eigenvalue weighted by atomic mass is 16.5. The Labute approximate surface area is 95.0 Å². The first-order valence-corrected chi connectivity index (χ1v) is 5.68. The van der Waals surface area contributed by atoms with Crippen LogP contribution < -0.4 is 0 Å². The van der Waals surface area contributed by atoms with Gasteiger partial charge in [0.15, 0.2) is 0 Å². The van der Waals surface area contributed by atoms with E-state index in [2.05, 4.69) is 41.5 Å². The summed E-state index contributed by atoms with van der Waals surface area (Å²) in [5.74, 6) is 0. The third-order valence-electron chi connectivity index (χ3n) is 3.18. The van der Waals surface area contributed by atoms with Gasteiger partial charge in [-0.2, -0.15) is 0 Å². The predicted octanol–water partition coefficient (Wildman–Crippen LogP) is 3.09. The molecule has 0 spiro atoms. The maximum atomic E-state index is 9.73. The Kier molecular flexibility index (Phi) is 4.81. The second-order valence-electron chi connectivity index (χ2n) is 6.86. The van der Waals surface area contributed by atoms with Crippen molar-refractivity contribution in [1.82, 2.24) is 0 Å². The third kappa shape index (κ3) is 4.12. The van der Waals surface area contributed by atoms with Crippen molar-refractivity contribution >= 4 is 0 Å². The Balaban J connectivity index is 4.99. The lowest BCUT2D eigenvalue weighted by Crippen LogP contribution is -2.45. The number of methoxy groups -OCH3 is 1. The van der Waals surface area contributed by atoms with Crippen LogP contribution in [-0.4, -0.2) is 25.4 Å². The van der Waals surface area contributed by atoms with E-state index in [4.69, 9.17) is 4.74 Å². The minimum absolute atomic E-state index is 0.0467. The minimum Gasteiger partial charge on any atom is -0.396 e. The monoisotopic (exact) mass is 216 g/mol. The molecule has 0 radical (unpaired) electrons. The highest BCUT2D eigenvalue weighted by molar-refractivity contribution is 4.92. The van der Waals surface area contributed by atoms with Crippen LogP contribution in [0.4, 0.5) is 0 Å². The van der Waals surface area contributed by atoms with Crippen molar-refractivity contribution in [2.75, 3.05) is 20.3 Å². The van der Waals surface area contributed by atoms with E-state index in [9.17, 15) is 5.11 Å². The van der Waals surface area contributed by atoms with E-state index >= 15 is 0 Å². The molecule has 2 heteroatoms. The van der Waals surface area contributed by atoms with Crippen molar-refractivity contribution in [1.29, 1.82) is 0 Å². The summed E-state index contributed by atoms with van der Waals surface area (Å²) in [5, 5.41) is 9.73. The van der Waals surface area contributed by atoms with E-state index in [-0.39, 0.29) is 22.9 Å². The molecule has 1 atom stereocenters. The lowest BCUT2D eigenvalue weighted by atomic mass is 9.61. The van der Waals surface area contributed by atoms with Gasteiger partial charge in [0.1, 0.15) is 0 Å². The quantitative estimate of drug-likeness (QED) is 0.782. The second kappa shape index (κ2) is 4.84. The molecule has 0 aliphatic carbocycles. The van der Waals surface area contributed by atoms with Gasteiger partial charge in [-0.1, -0.05) is 41.5 Å². The lowest BCUT2D eigenvalue weighted by molar-refractivity contribution is -0.0723. The first-order chi connectivity index (χ1) is 6.58. The minimum atomic E-state index is -0.153. The molecule has 0 bridgehead atoms. The zero-order valence-electron chi connectivity index (χ0n) is 11.5. The summed E-state index contributed by atoms with van der Waals surface area (Å²) in [7, 11) is 1.71. The van der Waals surface area contributed by atoms with Crippen molar-refractivity contribution in [3.05, 3.63) is 0 Å². The molecule has 0 rings (SSSR count). The van der Waals surface area contributed by atoms with Crippen molar-refractivity contribution in [3.63, 3.8) is 0 Å². The van der Waals surface area contributed by atoms with Crippen molar-refractivity contribution in [2.24, 2.45) is 16.2 Å². The molecule has 0 saturated carbocycles. The summed E-state index contributed by atoms with van der Waals surface area (Å²) < 4.78 is 5.31. The normalized spacial score (nSPS) is 17.6. The van der Waals surface area contributed by atoms with Crippen molar-refractivity contribution < 1.29 is 9.84 Å². The van der Waals surface area contributed by atoms with Crippen LogP contribution in [0.2, 0.25) is 0 Å². The van der Waals surface area contributed by atoms with E-state index in [1.807, 2.05) is 0 Å². The van der Waals surface area contributed by atoms with Gasteiger partial charge in [0, 0.05) is 12.5 Å². The van der Waals surface area contributed by atoms with Gasteiger partial charge in [-0.25, -0.2) is 0 Å². The van der Waals surface area contributed by atoms with Gasteiger partial charge in [-0.05, 0) is 17.3 Å². The molecule has 15 heavy (non-hydrogen) atoms. The van der Waals surface area contributed by atoms with Gasteiger partial charge >= 0.3 is 0 Å². The van der Waals surface area contributed by atoms with Crippen molar-refractivity contribution in [3.8, 4) is 0 Å². The molecule has 0 saturated heterocycles. The smallest absolute Gasteiger partial charge is 0.0545 e. The molecular formula is C13H28O2. The molecule has 0 aromatic rings. The SMILES string of the molecule is COC[C@@](CO)(CC(C)(C)C)C(C)(C)C. The number of hydrogen-bond acceptors (Lipinski definition) is 2. The Morgan fingerprint density at radius 1 is 1.00 bits per heavy atom. The number of aliphatic hydroxyl groups excluding tert-OH is 1. The Hall–Kier alpha value is -0.0800. The highest BCUT2D eigenvalue weighted by Gasteiger charge is 2.43. The summed E-state index contributed by atoms with van der Waals surface area (Å²) in [4.78, 5) is 0. The zero-order chi connectivity index (χ0) is 12.3. The van der Waals surface area contributed by atoms with Gasteiger partial charge in [0.25, 0.3) is 0 Å². The van der Waals surface area contributed by atoms with E-state index in [0.29, 0.717) is 6.61 Å². The van der Waals surface area contributed by atoms with E-state index in [1.165, 1.54) is 0 Å². The largest absolute Gasteiger partial charge is 0.396 e. The predicted molar refractivity (Wildman–Crippen MR) is 64.9 cm³/mol. The van der Waals surface area contributed by atoms with Gasteiger partial charge in [0.2, 0.25) is 0 Å². The lowest BCUT2D eigenvalue weighted by Gasteiger charge is -2.46. The molecular weight excluding hydrogens is 188 g/mol. The van der Waals surface area contributed by atoms with Crippen LogP contribution >= 0.6 is 0 Å². The number of aliphatic hydroxyl groups is 1. The van der Waals surface area contributed by atoms with E-state index < -0.39 is 0 Å². The van der Waals surface area contributed by atoms with Crippen LogP contribution in [0, 0.1) is 16.2 Å². The second-order valence-corrected chi connectivity index (χ2v) is 6.86. The van der Waals surface area contributed by atoms with Gasteiger partial charge in [-0.15, -0.1) is 0 Å². The first kappa shape index (κ1) is 14.9. The Morgan fingerprint density at radius 3 is 1.67 bits per heavy atom. The molecule has 1 N–H and O–H groups in total. The first-order valence-electron chi connectivity index (χ1n) is 5.68. The summed E-state index contributed by atoms with van der Waals surface area (Å²) in [6.45, 7) is 13.9. The molecule has 0 aromatic heterocycles. The molecule has 0 unspecified atom stereocenters. The Bertz CT molecular complexity index is 186. The highest BCUT2D eigenvalue weighted by Crippen LogP contribution is 2.46. The topological polar surface area (TPSA) is 29.5 Å². The molecule has 0 amide bonds. The van der Waals surface area contributed by atoms with Crippen LogP contribution in [0.3, 0.4) is 0 Å². The third-order valence-corrected chi connectivity index (χ3v) is 3.18. The van der Waals surface area contributed by atoms with Crippen LogP contribution in [0.25, 0.3) is 0 Å². The van der Waals surface area contributed by atoms with E-state index in [0.717, 1.165) is 6.42 Å². The molecule has 0 aromatic carbocycles. The molecule has 92 valence electrons. The van der Waals surface area contributed by atoms with Gasteiger partial charge in [0.05, 0.1) is 13.2 Å². The van der Waals surface area contributed by atoms with Crippen molar-refractivity contribution in [2.45, 2.75) is 48.0 Å². The fraction of sp³-hybridized carbons (Fsp3) is 1.00. The van der Waals surface area contributed by atoms with E-state index in [1.54, 1.807) is 7.11 Å². The van der Waals surface area contributed by atoms with Crippen LogP contribution in [-0.2, 0) is 4.74 Å². The summed E-state index contributed by atoms with van der Waals surface area (Å²) in [6.07, 6.45) is 0.966. The van der Waals surface area contributed by atoms with Crippen LogP contribution in [0.5, 0.6) is 0 Å². The molecule has 0 fully saturated rings. The molecule has 0 heterocycles. The maximum Gasteiger partial charge on any atom is 0.0545 e. The number of rotatable bonds is 4. The standard InChI is InChI=1S/C13H28O2/c1-11(2,3)8-13(9-14,10-15-7)12(4,5)6/h14H,8-10H2,1-7H3/t13-/m0/s1. The fourth-order valence-corrected chi connectivity index (χ4v) is 2.16. The molecule has 0 aliphatic rings. The van der Waals surface area contributed by atoms with Gasteiger partial charge in [-0.3, -0.25) is 0 Å². The maximum absolute atomic E-state index is 9.73. The number of ether oxygens (including phenoxy) is 1. The molecule has 2 nitrogen and oxygen atoms in total. The molecule has 0 aliphatic heterocycles. The van der Waals surface area contributed by atoms with Crippen LogP contribution in [0.1, 0.15) is 48.0 Å². The average molecular weight is 216 g/mol. The summed E-state index contributed by atoms with van der Waals surface area (Å²) in [5.41, 5.74) is 0.0968. The summed E-state index contributed by atoms with van der Waals surface area (Å²) in [6, 6.07) is 0. The number of hydrogen-bond donors (Lipinski definition) is 1. The average Bonchev–Trinajstić information content (AvgIpc) is 1.98. The van der Waals surface area contributed by atoms with Crippen LogP contribution in [0.15, 0.2) is 0 Å².